The van der Waals surface area contributed by atoms with Crippen LogP contribution in [-0.2, 0) is 0 Å². The van der Waals surface area contributed by atoms with Gasteiger partial charge in [-0.25, -0.2) is 0 Å². The van der Waals surface area contributed by atoms with Gasteiger partial charge in [0.1, 0.15) is 0 Å². The Kier molecular flexibility index (Phi) is 3.32. The van der Waals surface area contributed by atoms with Crippen molar-refractivity contribution in [1.82, 2.24) is 0 Å². The van der Waals surface area contributed by atoms with E-state index in [-0.39, 0.29) is 0 Å². The molecular formula is C10H11ClO. The molecule has 0 saturated carbocycles. The maximum absolute atomic E-state index is 9.50. The molecule has 1 aromatic rings. The Labute approximate surface area is 77.3 Å². The first-order valence-corrected chi connectivity index (χ1v) is 4.16. The van der Waals surface area contributed by atoms with Crippen molar-refractivity contribution >= 4 is 11.6 Å². The van der Waals surface area contributed by atoms with E-state index in [1.807, 2.05) is 12.1 Å². The van der Waals surface area contributed by atoms with E-state index in [1.165, 1.54) is 0 Å². The minimum atomic E-state index is -0.459. The zero-order chi connectivity index (χ0) is 8.97. The van der Waals surface area contributed by atoms with Gasteiger partial charge in [0.05, 0.1) is 6.10 Å². The summed E-state index contributed by atoms with van der Waals surface area (Å²) < 4.78 is 0. The normalized spacial score (nSPS) is 12.5. The number of aliphatic hydroxyl groups excluding tert-OH is 1. The molecule has 1 aromatic carbocycles. The second-order valence-corrected chi connectivity index (χ2v) is 3.03. The van der Waals surface area contributed by atoms with E-state index >= 15 is 0 Å². The Bertz CT molecular complexity index is 253. The number of hydrogen-bond donors (Lipinski definition) is 1. The molecule has 0 aliphatic heterocycles. The molecule has 0 fully saturated rings. The monoisotopic (exact) mass is 182 g/mol. The number of halogens is 1. The quantitative estimate of drug-likeness (QED) is 0.713. The molecule has 0 aliphatic rings. The second-order valence-electron chi connectivity index (χ2n) is 2.59. The van der Waals surface area contributed by atoms with Crippen molar-refractivity contribution < 1.29 is 5.11 Å². The molecule has 0 saturated heterocycles. The Morgan fingerprint density at radius 2 is 2.00 bits per heavy atom. The molecule has 1 N–H and O–H groups in total. The molecule has 1 rings (SSSR count). The maximum atomic E-state index is 9.50. The summed E-state index contributed by atoms with van der Waals surface area (Å²) in [6, 6.07) is 7.17. The fourth-order valence-corrected chi connectivity index (χ4v) is 1.10. The number of rotatable bonds is 3. The predicted molar refractivity (Wildman–Crippen MR) is 51.2 cm³/mol. The zero-order valence-corrected chi connectivity index (χ0v) is 7.46. The molecule has 1 atom stereocenters. The zero-order valence-electron chi connectivity index (χ0n) is 6.70. The van der Waals surface area contributed by atoms with E-state index in [2.05, 4.69) is 6.58 Å². The van der Waals surface area contributed by atoms with Gasteiger partial charge in [0, 0.05) is 5.02 Å². The summed E-state index contributed by atoms with van der Waals surface area (Å²) in [5, 5.41) is 10.2. The summed E-state index contributed by atoms with van der Waals surface area (Å²) in [4.78, 5) is 0. The highest BCUT2D eigenvalue weighted by atomic mass is 35.5. The third-order valence-corrected chi connectivity index (χ3v) is 1.90. The van der Waals surface area contributed by atoms with E-state index in [0.717, 1.165) is 5.56 Å². The lowest BCUT2D eigenvalue weighted by molar-refractivity contribution is 0.181. The van der Waals surface area contributed by atoms with Crippen molar-refractivity contribution in [1.29, 1.82) is 0 Å². The van der Waals surface area contributed by atoms with E-state index in [1.54, 1.807) is 18.2 Å². The first kappa shape index (κ1) is 9.30. The van der Waals surface area contributed by atoms with Crippen molar-refractivity contribution in [2.24, 2.45) is 0 Å². The summed E-state index contributed by atoms with van der Waals surface area (Å²) in [5.74, 6) is 0. The van der Waals surface area contributed by atoms with Crippen molar-refractivity contribution in [3.05, 3.63) is 47.5 Å². The molecule has 0 unspecified atom stereocenters. The van der Waals surface area contributed by atoms with E-state index in [0.29, 0.717) is 11.4 Å². The lowest BCUT2D eigenvalue weighted by atomic mass is 10.1. The number of aliphatic hydroxyl groups is 1. The fourth-order valence-electron chi connectivity index (χ4n) is 0.979. The molecule has 0 aromatic heterocycles. The molecule has 2 heteroatoms. The lowest BCUT2D eigenvalue weighted by Crippen LogP contribution is -1.94. The van der Waals surface area contributed by atoms with Crippen LogP contribution in [0, 0.1) is 0 Å². The minimum absolute atomic E-state index is 0.459. The Morgan fingerprint density at radius 3 is 2.50 bits per heavy atom. The first-order valence-electron chi connectivity index (χ1n) is 3.78. The van der Waals surface area contributed by atoms with Crippen molar-refractivity contribution in [2.45, 2.75) is 12.5 Å². The molecule has 0 aliphatic carbocycles. The molecular weight excluding hydrogens is 172 g/mol. The van der Waals surface area contributed by atoms with Crippen LogP contribution in [0.2, 0.25) is 5.02 Å². The molecule has 0 heterocycles. The SMILES string of the molecule is C=CC[C@@H](O)c1ccc(Cl)cc1. The molecule has 0 amide bonds. The Hall–Kier alpha value is -0.790. The van der Waals surface area contributed by atoms with Crippen molar-refractivity contribution in [2.75, 3.05) is 0 Å². The van der Waals surface area contributed by atoms with Gasteiger partial charge < -0.3 is 5.11 Å². The highest BCUT2D eigenvalue weighted by molar-refractivity contribution is 6.30. The van der Waals surface area contributed by atoms with Gasteiger partial charge in [0.2, 0.25) is 0 Å². The Balaban J connectivity index is 2.74. The van der Waals surface area contributed by atoms with Crippen LogP contribution in [0.1, 0.15) is 18.1 Å². The molecule has 0 spiro atoms. The van der Waals surface area contributed by atoms with E-state index < -0.39 is 6.10 Å². The van der Waals surface area contributed by atoms with Gasteiger partial charge in [-0.15, -0.1) is 6.58 Å². The van der Waals surface area contributed by atoms with Gasteiger partial charge in [0.15, 0.2) is 0 Å². The number of benzene rings is 1. The average Bonchev–Trinajstić information content (AvgIpc) is 2.06. The van der Waals surface area contributed by atoms with Gasteiger partial charge in [-0.05, 0) is 24.1 Å². The summed E-state index contributed by atoms with van der Waals surface area (Å²) in [5.41, 5.74) is 0.874. The minimum Gasteiger partial charge on any atom is -0.388 e. The van der Waals surface area contributed by atoms with E-state index in [9.17, 15) is 5.11 Å². The fraction of sp³-hybridized carbons (Fsp3) is 0.200. The van der Waals surface area contributed by atoms with Crippen LogP contribution in [-0.4, -0.2) is 5.11 Å². The van der Waals surface area contributed by atoms with Crippen LogP contribution in [0.25, 0.3) is 0 Å². The number of hydrogen-bond acceptors (Lipinski definition) is 1. The van der Waals surface area contributed by atoms with E-state index in [4.69, 9.17) is 11.6 Å². The molecule has 1 nitrogen and oxygen atoms in total. The van der Waals surface area contributed by atoms with Crippen LogP contribution in [0.5, 0.6) is 0 Å². The third-order valence-electron chi connectivity index (χ3n) is 1.64. The summed E-state index contributed by atoms with van der Waals surface area (Å²) in [7, 11) is 0. The Morgan fingerprint density at radius 1 is 1.42 bits per heavy atom. The molecule has 0 radical (unpaired) electrons. The average molecular weight is 183 g/mol. The highest BCUT2D eigenvalue weighted by Crippen LogP contribution is 2.18. The maximum Gasteiger partial charge on any atom is 0.0824 e. The van der Waals surface area contributed by atoms with Gasteiger partial charge in [-0.3, -0.25) is 0 Å². The summed E-state index contributed by atoms with van der Waals surface area (Å²) >= 11 is 5.69. The third kappa shape index (κ3) is 2.36. The largest absolute Gasteiger partial charge is 0.388 e. The van der Waals surface area contributed by atoms with Crippen LogP contribution in [0.3, 0.4) is 0 Å². The smallest absolute Gasteiger partial charge is 0.0824 e. The van der Waals surface area contributed by atoms with Crippen LogP contribution in [0.4, 0.5) is 0 Å². The van der Waals surface area contributed by atoms with Gasteiger partial charge in [-0.1, -0.05) is 29.8 Å². The summed E-state index contributed by atoms with van der Waals surface area (Å²) in [6.07, 6.45) is 1.81. The van der Waals surface area contributed by atoms with Crippen molar-refractivity contribution in [3.63, 3.8) is 0 Å². The van der Waals surface area contributed by atoms with Gasteiger partial charge in [0.25, 0.3) is 0 Å². The van der Waals surface area contributed by atoms with Crippen LogP contribution in [0.15, 0.2) is 36.9 Å². The second kappa shape index (κ2) is 4.29. The first-order chi connectivity index (χ1) is 5.74. The highest BCUT2D eigenvalue weighted by Gasteiger charge is 2.03. The van der Waals surface area contributed by atoms with Crippen LogP contribution < -0.4 is 0 Å². The van der Waals surface area contributed by atoms with Gasteiger partial charge in [-0.2, -0.15) is 0 Å². The molecule has 12 heavy (non-hydrogen) atoms. The predicted octanol–water partition coefficient (Wildman–Crippen LogP) is 2.95. The van der Waals surface area contributed by atoms with Crippen LogP contribution >= 0.6 is 11.6 Å². The molecule has 64 valence electrons. The summed E-state index contributed by atoms with van der Waals surface area (Å²) in [6.45, 7) is 3.56. The topological polar surface area (TPSA) is 20.2 Å². The molecule has 0 bridgehead atoms. The standard InChI is InChI=1S/C10H11ClO/c1-2-3-10(12)8-4-6-9(11)7-5-8/h2,4-7,10,12H,1,3H2/t10-/m1/s1. The van der Waals surface area contributed by atoms with Crippen molar-refractivity contribution in [3.8, 4) is 0 Å². The lowest BCUT2D eigenvalue weighted by Gasteiger charge is -2.07. The van der Waals surface area contributed by atoms with Gasteiger partial charge >= 0.3 is 0 Å².